The molecule has 0 aliphatic heterocycles. The van der Waals surface area contributed by atoms with Gasteiger partial charge in [-0.2, -0.15) is 5.10 Å². The number of nitrogens with zero attached hydrogens (tertiary/aromatic N) is 2. The number of carbonyl (C=O) groups is 1. The largest absolute Gasteiger partial charge is 0.494 e. The molecule has 0 unspecified atom stereocenters. The van der Waals surface area contributed by atoms with Gasteiger partial charge in [0.15, 0.2) is 5.78 Å². The Kier molecular flexibility index (Phi) is 4.78. The van der Waals surface area contributed by atoms with Crippen molar-refractivity contribution in [1.29, 1.82) is 0 Å². The van der Waals surface area contributed by atoms with Crippen molar-refractivity contribution >= 4 is 5.78 Å². The molecule has 0 amide bonds. The third-order valence-corrected chi connectivity index (χ3v) is 3.65. The molecule has 1 aromatic carbocycles. The third kappa shape index (κ3) is 3.51. The molecule has 0 aliphatic rings. The van der Waals surface area contributed by atoms with Crippen LogP contribution in [-0.2, 0) is 13.5 Å². The maximum absolute atomic E-state index is 12.4. The lowest BCUT2D eigenvalue weighted by Gasteiger charge is -2.06. The number of benzene rings is 1. The summed E-state index contributed by atoms with van der Waals surface area (Å²) in [5.41, 5.74) is 3.70. The highest BCUT2D eigenvalue weighted by molar-refractivity contribution is 5.97. The summed E-state index contributed by atoms with van der Waals surface area (Å²) in [6, 6.07) is 7.36. The van der Waals surface area contributed by atoms with Crippen molar-refractivity contribution < 1.29 is 9.53 Å². The van der Waals surface area contributed by atoms with Crippen molar-refractivity contribution in [3.8, 4) is 5.75 Å². The van der Waals surface area contributed by atoms with E-state index in [9.17, 15) is 4.79 Å². The van der Waals surface area contributed by atoms with E-state index < -0.39 is 0 Å². The summed E-state index contributed by atoms with van der Waals surface area (Å²) < 4.78 is 7.34. The van der Waals surface area contributed by atoms with Crippen LogP contribution in [0, 0.1) is 13.8 Å². The van der Waals surface area contributed by atoms with E-state index >= 15 is 0 Å². The fourth-order valence-electron chi connectivity index (χ4n) is 2.29. The number of aryl methyl sites for hydroxylation is 2. The summed E-state index contributed by atoms with van der Waals surface area (Å²) in [5, 5.41) is 4.35. The van der Waals surface area contributed by atoms with E-state index in [1.807, 2.05) is 49.8 Å². The predicted octanol–water partition coefficient (Wildman–Crippen LogP) is 3.25. The van der Waals surface area contributed by atoms with Crippen LogP contribution in [0.2, 0.25) is 0 Å². The Balaban J connectivity index is 2.09. The first kappa shape index (κ1) is 15.3. The van der Waals surface area contributed by atoms with Crippen molar-refractivity contribution in [2.45, 2.75) is 33.6 Å². The zero-order chi connectivity index (χ0) is 15.4. The first-order valence-corrected chi connectivity index (χ1v) is 7.28. The highest BCUT2D eigenvalue weighted by Crippen LogP contribution is 2.17. The van der Waals surface area contributed by atoms with Gasteiger partial charge >= 0.3 is 0 Å². The molecule has 0 saturated heterocycles. The summed E-state index contributed by atoms with van der Waals surface area (Å²) in [6.45, 7) is 6.69. The second-order valence-corrected chi connectivity index (χ2v) is 5.25. The molecule has 0 bridgehead atoms. The quantitative estimate of drug-likeness (QED) is 0.766. The van der Waals surface area contributed by atoms with Gasteiger partial charge in [-0.05, 0) is 44.5 Å². The summed E-state index contributed by atoms with van der Waals surface area (Å²) in [6.07, 6.45) is 1.36. The minimum atomic E-state index is 0.108. The molecule has 112 valence electrons. The van der Waals surface area contributed by atoms with E-state index in [-0.39, 0.29) is 5.78 Å². The van der Waals surface area contributed by atoms with Gasteiger partial charge in [0.2, 0.25) is 0 Å². The average molecular weight is 286 g/mol. The van der Waals surface area contributed by atoms with E-state index in [4.69, 9.17) is 4.74 Å². The molecule has 0 fully saturated rings. The smallest absolute Gasteiger partial charge is 0.167 e. The van der Waals surface area contributed by atoms with Crippen LogP contribution in [0.3, 0.4) is 0 Å². The fraction of sp³-hybridized carbons (Fsp3) is 0.412. The standard InChI is InChI=1S/C17H22N2O2/c1-5-10-21-15-8-6-14(7-9-15)17(20)11-16-12(2)18-19(4)13(16)3/h6-9H,5,10-11H2,1-4H3. The van der Waals surface area contributed by atoms with Crippen molar-refractivity contribution in [3.05, 3.63) is 46.8 Å². The van der Waals surface area contributed by atoms with Crippen LogP contribution in [0.4, 0.5) is 0 Å². The first-order valence-electron chi connectivity index (χ1n) is 7.28. The van der Waals surface area contributed by atoms with E-state index in [1.54, 1.807) is 0 Å². The van der Waals surface area contributed by atoms with Gasteiger partial charge in [0.05, 0.1) is 12.3 Å². The Labute approximate surface area is 125 Å². The van der Waals surface area contributed by atoms with Crippen molar-refractivity contribution in [1.82, 2.24) is 9.78 Å². The van der Waals surface area contributed by atoms with Gasteiger partial charge < -0.3 is 4.74 Å². The van der Waals surface area contributed by atoms with Crippen molar-refractivity contribution in [2.24, 2.45) is 7.05 Å². The highest BCUT2D eigenvalue weighted by atomic mass is 16.5. The molecule has 4 nitrogen and oxygen atoms in total. The molecular weight excluding hydrogens is 264 g/mol. The lowest BCUT2D eigenvalue weighted by Crippen LogP contribution is -2.05. The second-order valence-electron chi connectivity index (χ2n) is 5.25. The SMILES string of the molecule is CCCOc1ccc(C(=O)Cc2c(C)nn(C)c2C)cc1. The Bertz CT molecular complexity index is 627. The van der Waals surface area contributed by atoms with E-state index in [1.165, 1.54) is 0 Å². The number of Topliss-reactive ketones (excluding diaryl/α,β-unsaturated/α-hetero) is 1. The number of rotatable bonds is 6. The van der Waals surface area contributed by atoms with Gasteiger partial charge in [-0.15, -0.1) is 0 Å². The van der Waals surface area contributed by atoms with Crippen LogP contribution in [0.25, 0.3) is 0 Å². The molecule has 1 heterocycles. The number of carbonyl (C=O) groups excluding carboxylic acids is 1. The summed E-state index contributed by atoms with van der Waals surface area (Å²) >= 11 is 0. The Hall–Kier alpha value is -2.10. The molecule has 2 rings (SSSR count). The maximum Gasteiger partial charge on any atom is 0.167 e. The maximum atomic E-state index is 12.4. The number of hydrogen-bond acceptors (Lipinski definition) is 3. The molecule has 0 N–H and O–H groups in total. The summed E-state index contributed by atoms with van der Waals surface area (Å²) in [7, 11) is 1.90. The average Bonchev–Trinajstić information content (AvgIpc) is 2.72. The van der Waals surface area contributed by atoms with Crippen LogP contribution < -0.4 is 4.74 Å². The zero-order valence-corrected chi connectivity index (χ0v) is 13.1. The third-order valence-electron chi connectivity index (χ3n) is 3.65. The molecule has 0 spiro atoms. The number of ketones is 1. The summed E-state index contributed by atoms with van der Waals surface area (Å²) in [4.78, 5) is 12.4. The van der Waals surface area contributed by atoms with Gasteiger partial charge in [0.25, 0.3) is 0 Å². The van der Waals surface area contributed by atoms with E-state index in [0.29, 0.717) is 18.6 Å². The lowest BCUT2D eigenvalue weighted by atomic mass is 10.0. The molecule has 0 atom stereocenters. The molecule has 2 aromatic rings. The van der Waals surface area contributed by atoms with Crippen molar-refractivity contribution in [3.63, 3.8) is 0 Å². The van der Waals surface area contributed by atoms with Crippen LogP contribution >= 0.6 is 0 Å². The number of ether oxygens (including phenoxy) is 1. The van der Waals surface area contributed by atoms with Crippen LogP contribution in [0.1, 0.15) is 40.7 Å². The van der Waals surface area contributed by atoms with Gasteiger partial charge in [0.1, 0.15) is 5.75 Å². The van der Waals surface area contributed by atoms with Gasteiger partial charge in [0, 0.05) is 30.3 Å². The highest BCUT2D eigenvalue weighted by Gasteiger charge is 2.14. The lowest BCUT2D eigenvalue weighted by molar-refractivity contribution is 0.0992. The molecule has 21 heavy (non-hydrogen) atoms. The fourth-order valence-corrected chi connectivity index (χ4v) is 2.29. The number of hydrogen-bond donors (Lipinski definition) is 0. The van der Waals surface area contributed by atoms with Gasteiger partial charge in [-0.1, -0.05) is 6.92 Å². The van der Waals surface area contributed by atoms with E-state index in [2.05, 4.69) is 12.0 Å². The van der Waals surface area contributed by atoms with Crippen LogP contribution in [0.15, 0.2) is 24.3 Å². The second kappa shape index (κ2) is 6.57. The predicted molar refractivity (Wildman–Crippen MR) is 82.9 cm³/mol. The Morgan fingerprint density at radius 1 is 1.24 bits per heavy atom. The minimum absolute atomic E-state index is 0.108. The molecule has 0 radical (unpaired) electrons. The minimum Gasteiger partial charge on any atom is -0.494 e. The Morgan fingerprint density at radius 3 is 2.43 bits per heavy atom. The van der Waals surface area contributed by atoms with Crippen LogP contribution in [0.5, 0.6) is 5.75 Å². The molecule has 4 heteroatoms. The number of aromatic nitrogens is 2. The normalized spacial score (nSPS) is 10.7. The molecule has 0 saturated carbocycles. The monoisotopic (exact) mass is 286 g/mol. The zero-order valence-electron chi connectivity index (χ0n) is 13.1. The summed E-state index contributed by atoms with van der Waals surface area (Å²) in [5.74, 6) is 0.915. The van der Waals surface area contributed by atoms with Crippen molar-refractivity contribution in [2.75, 3.05) is 6.61 Å². The molecule has 1 aromatic heterocycles. The van der Waals surface area contributed by atoms with Crippen LogP contribution in [-0.4, -0.2) is 22.2 Å². The molecule has 0 aliphatic carbocycles. The van der Waals surface area contributed by atoms with Gasteiger partial charge in [-0.25, -0.2) is 0 Å². The van der Waals surface area contributed by atoms with Gasteiger partial charge in [-0.3, -0.25) is 9.48 Å². The first-order chi connectivity index (χ1) is 10.0. The Morgan fingerprint density at radius 2 is 1.90 bits per heavy atom. The molecular formula is C17H22N2O2. The van der Waals surface area contributed by atoms with E-state index in [0.717, 1.165) is 29.1 Å². The topological polar surface area (TPSA) is 44.1 Å².